The Morgan fingerprint density at radius 2 is 2.11 bits per heavy atom. The molecule has 1 unspecified atom stereocenters. The highest BCUT2D eigenvalue weighted by Gasteiger charge is 2.16. The number of hydrogen-bond acceptors (Lipinski definition) is 3. The molecular weight excluding hydrogens is 292 g/mol. The van der Waals surface area contributed by atoms with Crippen molar-refractivity contribution in [2.45, 2.75) is 26.3 Å². The van der Waals surface area contributed by atoms with Gasteiger partial charge in [-0.25, -0.2) is 0 Å². The van der Waals surface area contributed by atoms with Crippen LogP contribution < -0.4 is 5.73 Å². The Hall–Kier alpha value is -1.20. The van der Waals surface area contributed by atoms with E-state index in [0.29, 0.717) is 6.42 Å². The van der Waals surface area contributed by atoms with Gasteiger partial charge in [0.15, 0.2) is 0 Å². The zero-order valence-electron chi connectivity index (χ0n) is 10.8. The molecule has 0 aliphatic heterocycles. The molecule has 2 rings (SSSR count). The average Bonchev–Trinajstić information content (AvgIpc) is 2.56. The lowest BCUT2D eigenvalue weighted by Gasteiger charge is -2.12. The molecular formula is C13H17BrN4. The zero-order valence-corrected chi connectivity index (χ0v) is 12.4. The largest absolute Gasteiger partial charge is 0.322 e. The molecule has 4 nitrogen and oxygen atoms in total. The molecule has 1 atom stereocenters. The lowest BCUT2D eigenvalue weighted by atomic mass is 10.1. The van der Waals surface area contributed by atoms with Crippen LogP contribution in [0.15, 0.2) is 22.7 Å². The predicted molar refractivity (Wildman–Crippen MR) is 75.3 cm³/mol. The molecule has 0 saturated heterocycles. The first kappa shape index (κ1) is 13.2. The van der Waals surface area contributed by atoms with Crippen molar-refractivity contribution in [2.24, 2.45) is 12.8 Å². The van der Waals surface area contributed by atoms with Crippen LogP contribution in [0.3, 0.4) is 0 Å². The molecule has 0 spiro atoms. The summed E-state index contributed by atoms with van der Waals surface area (Å²) in [5, 5.41) is 4.37. The summed E-state index contributed by atoms with van der Waals surface area (Å²) in [6, 6.07) is 5.81. The average molecular weight is 309 g/mol. The van der Waals surface area contributed by atoms with Gasteiger partial charge in [0.2, 0.25) is 0 Å². The zero-order chi connectivity index (χ0) is 13.3. The SMILES string of the molecule is Cc1cccc(C(N)Cc2c(Br)c(C)nn2C)n1. The number of nitrogens with two attached hydrogens (primary N) is 1. The van der Waals surface area contributed by atoms with E-state index in [1.807, 2.05) is 43.8 Å². The van der Waals surface area contributed by atoms with Crippen LogP contribution in [-0.2, 0) is 13.5 Å². The fourth-order valence-corrected chi connectivity index (χ4v) is 2.48. The van der Waals surface area contributed by atoms with E-state index in [2.05, 4.69) is 26.0 Å². The fourth-order valence-electron chi connectivity index (χ4n) is 1.99. The third-order valence-corrected chi connectivity index (χ3v) is 4.00. The Bertz CT molecular complexity index is 562. The summed E-state index contributed by atoms with van der Waals surface area (Å²) in [5.41, 5.74) is 10.2. The van der Waals surface area contributed by atoms with Gasteiger partial charge in [-0.15, -0.1) is 0 Å². The summed E-state index contributed by atoms with van der Waals surface area (Å²) < 4.78 is 2.91. The topological polar surface area (TPSA) is 56.7 Å². The van der Waals surface area contributed by atoms with E-state index in [1.165, 1.54) is 0 Å². The van der Waals surface area contributed by atoms with Crippen molar-refractivity contribution in [1.82, 2.24) is 14.8 Å². The van der Waals surface area contributed by atoms with Crippen molar-refractivity contribution >= 4 is 15.9 Å². The second-order valence-corrected chi connectivity index (χ2v) is 5.28. The summed E-state index contributed by atoms with van der Waals surface area (Å²) in [6.45, 7) is 3.95. The molecule has 0 radical (unpaired) electrons. The van der Waals surface area contributed by atoms with Crippen LogP contribution in [0, 0.1) is 13.8 Å². The van der Waals surface area contributed by atoms with Crippen molar-refractivity contribution in [3.05, 3.63) is 45.4 Å². The van der Waals surface area contributed by atoms with Crippen LogP contribution in [-0.4, -0.2) is 14.8 Å². The van der Waals surface area contributed by atoms with Crippen LogP contribution in [0.5, 0.6) is 0 Å². The van der Waals surface area contributed by atoms with Gasteiger partial charge >= 0.3 is 0 Å². The van der Waals surface area contributed by atoms with E-state index in [9.17, 15) is 0 Å². The number of nitrogens with zero attached hydrogens (tertiary/aromatic N) is 3. The lowest BCUT2D eigenvalue weighted by molar-refractivity contribution is 0.626. The summed E-state index contributed by atoms with van der Waals surface area (Å²) in [5.74, 6) is 0. The Labute approximate surface area is 115 Å². The van der Waals surface area contributed by atoms with E-state index in [4.69, 9.17) is 5.73 Å². The molecule has 96 valence electrons. The molecule has 0 aliphatic carbocycles. The Morgan fingerprint density at radius 1 is 1.39 bits per heavy atom. The third kappa shape index (κ3) is 2.62. The van der Waals surface area contributed by atoms with Crippen molar-refractivity contribution in [3.8, 4) is 0 Å². The monoisotopic (exact) mass is 308 g/mol. The lowest BCUT2D eigenvalue weighted by Crippen LogP contribution is -2.17. The van der Waals surface area contributed by atoms with E-state index < -0.39 is 0 Å². The van der Waals surface area contributed by atoms with Gasteiger partial charge in [0.05, 0.1) is 27.6 Å². The molecule has 2 aromatic heterocycles. The smallest absolute Gasteiger partial charge is 0.0738 e. The second-order valence-electron chi connectivity index (χ2n) is 4.48. The molecule has 2 N–H and O–H groups in total. The molecule has 0 aromatic carbocycles. The molecule has 0 bridgehead atoms. The highest BCUT2D eigenvalue weighted by molar-refractivity contribution is 9.10. The third-order valence-electron chi connectivity index (χ3n) is 2.96. The number of halogens is 1. The Kier molecular flexibility index (Phi) is 3.82. The molecule has 18 heavy (non-hydrogen) atoms. The minimum Gasteiger partial charge on any atom is -0.322 e. The van der Waals surface area contributed by atoms with E-state index in [0.717, 1.165) is 27.2 Å². The van der Waals surface area contributed by atoms with E-state index >= 15 is 0 Å². The summed E-state index contributed by atoms with van der Waals surface area (Å²) >= 11 is 3.56. The van der Waals surface area contributed by atoms with Crippen LogP contribution in [0.2, 0.25) is 0 Å². The second kappa shape index (κ2) is 5.20. The van der Waals surface area contributed by atoms with Crippen molar-refractivity contribution in [2.75, 3.05) is 0 Å². The number of rotatable bonds is 3. The van der Waals surface area contributed by atoms with Crippen molar-refractivity contribution in [3.63, 3.8) is 0 Å². The van der Waals surface area contributed by atoms with E-state index in [-0.39, 0.29) is 6.04 Å². The number of hydrogen-bond donors (Lipinski definition) is 1. The van der Waals surface area contributed by atoms with Crippen molar-refractivity contribution in [1.29, 1.82) is 0 Å². The van der Waals surface area contributed by atoms with Gasteiger partial charge < -0.3 is 5.73 Å². The van der Waals surface area contributed by atoms with Crippen LogP contribution >= 0.6 is 15.9 Å². The molecule has 0 saturated carbocycles. The number of aryl methyl sites for hydroxylation is 3. The Morgan fingerprint density at radius 3 is 2.67 bits per heavy atom. The minimum absolute atomic E-state index is 0.115. The van der Waals surface area contributed by atoms with Gasteiger partial charge in [0.1, 0.15) is 0 Å². The standard InChI is InChI=1S/C13H17BrN4/c1-8-5-4-6-11(16-8)10(15)7-12-13(14)9(2)17-18(12)3/h4-6,10H,7,15H2,1-3H3. The highest BCUT2D eigenvalue weighted by atomic mass is 79.9. The molecule has 5 heteroatoms. The number of pyridine rings is 1. The molecule has 2 aromatic rings. The van der Waals surface area contributed by atoms with Gasteiger partial charge in [-0.05, 0) is 41.9 Å². The maximum Gasteiger partial charge on any atom is 0.0738 e. The molecule has 0 fully saturated rings. The maximum atomic E-state index is 6.22. The number of aromatic nitrogens is 3. The molecule has 0 aliphatic rings. The van der Waals surface area contributed by atoms with Gasteiger partial charge in [-0.2, -0.15) is 5.10 Å². The van der Waals surface area contributed by atoms with Crippen LogP contribution in [0.4, 0.5) is 0 Å². The van der Waals surface area contributed by atoms with Gasteiger partial charge in [0.25, 0.3) is 0 Å². The first-order valence-corrected chi connectivity index (χ1v) is 6.65. The molecule has 2 heterocycles. The van der Waals surface area contributed by atoms with Crippen LogP contribution in [0.1, 0.15) is 28.8 Å². The van der Waals surface area contributed by atoms with Crippen LogP contribution in [0.25, 0.3) is 0 Å². The minimum atomic E-state index is -0.115. The highest BCUT2D eigenvalue weighted by Crippen LogP contribution is 2.24. The fraction of sp³-hybridized carbons (Fsp3) is 0.385. The van der Waals surface area contributed by atoms with Gasteiger partial charge in [-0.3, -0.25) is 9.67 Å². The summed E-state index contributed by atoms with van der Waals surface area (Å²) in [4.78, 5) is 4.47. The quantitative estimate of drug-likeness (QED) is 0.947. The van der Waals surface area contributed by atoms with Gasteiger partial charge in [0, 0.05) is 19.2 Å². The summed E-state index contributed by atoms with van der Waals surface area (Å²) in [7, 11) is 1.93. The first-order valence-electron chi connectivity index (χ1n) is 5.86. The van der Waals surface area contributed by atoms with Gasteiger partial charge in [-0.1, -0.05) is 6.07 Å². The predicted octanol–water partition coefficient (Wildman–Crippen LogP) is 2.44. The normalized spacial score (nSPS) is 12.7. The molecule has 0 amide bonds. The Balaban J connectivity index is 2.24. The first-order chi connectivity index (χ1) is 8.49. The maximum absolute atomic E-state index is 6.22. The summed E-state index contributed by atoms with van der Waals surface area (Å²) in [6.07, 6.45) is 0.717. The van der Waals surface area contributed by atoms with E-state index in [1.54, 1.807) is 0 Å². The van der Waals surface area contributed by atoms with Crippen molar-refractivity contribution < 1.29 is 0 Å².